The van der Waals surface area contributed by atoms with Gasteiger partial charge in [-0.1, -0.05) is 36.4 Å². The van der Waals surface area contributed by atoms with Crippen LogP contribution in [0.2, 0.25) is 0 Å². The zero-order valence-electron chi connectivity index (χ0n) is 18.3. The van der Waals surface area contributed by atoms with Gasteiger partial charge in [-0.3, -0.25) is 14.6 Å². The maximum Gasteiger partial charge on any atom is 0.281 e. The Hall–Kier alpha value is -2.65. The van der Waals surface area contributed by atoms with Crippen molar-refractivity contribution in [2.75, 3.05) is 25.1 Å². The van der Waals surface area contributed by atoms with E-state index in [1.54, 1.807) is 12.0 Å². The van der Waals surface area contributed by atoms with E-state index in [0.29, 0.717) is 41.8 Å². The molecular formula is C24H23Br2N5O2. The van der Waals surface area contributed by atoms with Crippen molar-refractivity contribution in [1.29, 1.82) is 0 Å². The number of methoxy groups -OCH3 is 1. The molecule has 7 nitrogen and oxygen atoms in total. The molecule has 0 fully saturated rings. The third kappa shape index (κ3) is 3.97. The second kappa shape index (κ2) is 8.95. The van der Waals surface area contributed by atoms with Crippen LogP contribution < -0.4 is 9.64 Å². The van der Waals surface area contributed by atoms with Gasteiger partial charge in [0.05, 0.1) is 30.7 Å². The topological polar surface area (TPSA) is 63.0 Å². The lowest BCUT2D eigenvalue weighted by molar-refractivity contribution is 0.0836. The molecule has 0 bridgehead atoms. The van der Waals surface area contributed by atoms with E-state index >= 15 is 0 Å². The molecule has 0 N–H and O–H groups in total. The maximum atomic E-state index is 13.6. The highest BCUT2D eigenvalue weighted by Gasteiger charge is 2.43. The summed E-state index contributed by atoms with van der Waals surface area (Å²) in [6.45, 7) is 3.72. The van der Waals surface area contributed by atoms with Gasteiger partial charge in [0.15, 0.2) is 16.2 Å². The molecule has 0 saturated heterocycles. The lowest BCUT2D eigenvalue weighted by Gasteiger charge is -2.33. The highest BCUT2D eigenvalue weighted by Crippen LogP contribution is 2.35. The monoisotopic (exact) mass is 571 g/mol. The van der Waals surface area contributed by atoms with E-state index in [4.69, 9.17) is 14.7 Å². The van der Waals surface area contributed by atoms with E-state index in [1.807, 2.05) is 47.9 Å². The van der Waals surface area contributed by atoms with Crippen molar-refractivity contribution in [1.82, 2.24) is 14.5 Å². The average Bonchev–Trinajstić information content (AvgIpc) is 3.36. The first kappa shape index (κ1) is 22.2. The Kier molecular flexibility index (Phi) is 6.01. The summed E-state index contributed by atoms with van der Waals surface area (Å²) in [5.41, 5.74) is 2.84. The number of halogens is 2. The number of fused-ring (bicyclic) bond motifs is 3. The SMILES string of the molecule is CCN1C(=O)c2c(nc(Br)n2Cc2ccc(OC)c(Br)c2)N2C[C@@H](Cc3ccccc3)N=C12. The van der Waals surface area contributed by atoms with Crippen LogP contribution in [-0.4, -0.2) is 52.6 Å². The van der Waals surface area contributed by atoms with Gasteiger partial charge in [0, 0.05) is 6.54 Å². The number of imidazole rings is 1. The van der Waals surface area contributed by atoms with Crippen molar-refractivity contribution < 1.29 is 9.53 Å². The second-order valence-electron chi connectivity index (χ2n) is 8.04. The summed E-state index contributed by atoms with van der Waals surface area (Å²) in [6.07, 6.45) is 0.823. The summed E-state index contributed by atoms with van der Waals surface area (Å²) in [7, 11) is 1.64. The Morgan fingerprint density at radius 2 is 1.91 bits per heavy atom. The number of nitrogens with zero attached hydrogens (tertiary/aromatic N) is 5. The van der Waals surface area contributed by atoms with Gasteiger partial charge in [0.2, 0.25) is 5.96 Å². The van der Waals surface area contributed by atoms with E-state index in [1.165, 1.54) is 5.56 Å². The quantitative estimate of drug-likeness (QED) is 0.428. The third-order valence-corrected chi connectivity index (χ3v) is 7.19. The van der Waals surface area contributed by atoms with Crippen LogP contribution in [0.1, 0.15) is 28.5 Å². The second-order valence-corrected chi connectivity index (χ2v) is 9.60. The Bertz CT molecular complexity index is 1240. The van der Waals surface area contributed by atoms with Crippen molar-refractivity contribution in [3.05, 3.63) is 74.6 Å². The van der Waals surface area contributed by atoms with Gasteiger partial charge >= 0.3 is 0 Å². The number of anilines is 1. The lowest BCUT2D eigenvalue weighted by atomic mass is 10.1. The molecule has 1 aromatic heterocycles. The van der Waals surface area contributed by atoms with Crippen molar-refractivity contribution in [2.45, 2.75) is 25.9 Å². The lowest BCUT2D eigenvalue weighted by Crippen LogP contribution is -2.50. The van der Waals surface area contributed by atoms with Crippen molar-refractivity contribution in [3.63, 3.8) is 0 Å². The summed E-state index contributed by atoms with van der Waals surface area (Å²) < 4.78 is 8.75. The Labute approximate surface area is 209 Å². The fourth-order valence-electron chi connectivity index (χ4n) is 4.41. The molecule has 2 aromatic carbocycles. The van der Waals surface area contributed by atoms with Crippen LogP contribution in [0.25, 0.3) is 0 Å². The zero-order valence-corrected chi connectivity index (χ0v) is 21.5. The number of amides is 1. The summed E-state index contributed by atoms with van der Waals surface area (Å²) in [4.78, 5) is 27.1. The van der Waals surface area contributed by atoms with Crippen LogP contribution in [0, 0.1) is 0 Å². The molecule has 1 amide bonds. The summed E-state index contributed by atoms with van der Waals surface area (Å²) in [6, 6.07) is 16.3. The number of hydrogen-bond donors (Lipinski definition) is 0. The first-order valence-electron chi connectivity index (χ1n) is 10.8. The maximum absolute atomic E-state index is 13.6. The van der Waals surface area contributed by atoms with Crippen LogP contribution in [0.4, 0.5) is 5.82 Å². The zero-order chi connectivity index (χ0) is 23.1. The minimum atomic E-state index is -0.0753. The van der Waals surface area contributed by atoms with Gasteiger partial charge in [-0.15, -0.1) is 0 Å². The largest absolute Gasteiger partial charge is 0.496 e. The predicted molar refractivity (Wildman–Crippen MR) is 135 cm³/mol. The van der Waals surface area contributed by atoms with Gasteiger partial charge in [0.1, 0.15) is 5.75 Å². The number of benzene rings is 2. The molecule has 0 aliphatic carbocycles. The number of aliphatic imine (C=N–C) groups is 1. The molecule has 33 heavy (non-hydrogen) atoms. The van der Waals surface area contributed by atoms with E-state index in [2.05, 4.69) is 48.9 Å². The summed E-state index contributed by atoms with van der Waals surface area (Å²) in [5.74, 6) is 2.05. The molecule has 0 radical (unpaired) electrons. The van der Waals surface area contributed by atoms with Crippen LogP contribution in [-0.2, 0) is 13.0 Å². The van der Waals surface area contributed by atoms with E-state index < -0.39 is 0 Å². The predicted octanol–water partition coefficient (Wildman–Crippen LogP) is 4.73. The van der Waals surface area contributed by atoms with Gasteiger partial charge in [-0.25, -0.2) is 9.98 Å². The first-order valence-corrected chi connectivity index (χ1v) is 12.4. The third-order valence-electron chi connectivity index (χ3n) is 5.97. The Morgan fingerprint density at radius 1 is 1.12 bits per heavy atom. The molecule has 3 aromatic rings. The molecule has 0 saturated carbocycles. The van der Waals surface area contributed by atoms with Crippen molar-refractivity contribution in [2.24, 2.45) is 4.99 Å². The number of ether oxygens (including phenoxy) is 1. The van der Waals surface area contributed by atoms with E-state index in [-0.39, 0.29) is 11.9 Å². The number of hydrogen-bond acceptors (Lipinski definition) is 5. The number of rotatable bonds is 6. The molecule has 2 aliphatic heterocycles. The molecule has 2 aliphatic rings. The molecular weight excluding hydrogens is 550 g/mol. The smallest absolute Gasteiger partial charge is 0.281 e. The molecule has 0 unspecified atom stereocenters. The van der Waals surface area contributed by atoms with E-state index in [9.17, 15) is 4.79 Å². The number of aromatic nitrogens is 2. The van der Waals surface area contributed by atoms with Crippen molar-refractivity contribution >= 4 is 49.5 Å². The summed E-state index contributed by atoms with van der Waals surface area (Å²) >= 11 is 7.14. The summed E-state index contributed by atoms with van der Waals surface area (Å²) in [5, 5.41) is 0. The van der Waals surface area contributed by atoms with Gasteiger partial charge < -0.3 is 9.30 Å². The van der Waals surface area contributed by atoms with Crippen molar-refractivity contribution in [3.8, 4) is 5.75 Å². The number of carbonyl (C=O) groups excluding carboxylic acids is 1. The number of guanidine groups is 1. The first-order chi connectivity index (χ1) is 16.0. The van der Waals surface area contributed by atoms with Crippen LogP contribution in [0.5, 0.6) is 5.75 Å². The minimum Gasteiger partial charge on any atom is -0.496 e. The van der Waals surface area contributed by atoms with Crippen LogP contribution in [0.3, 0.4) is 0 Å². The number of carbonyl (C=O) groups is 1. The normalized spacial score (nSPS) is 17.2. The molecule has 0 spiro atoms. The minimum absolute atomic E-state index is 0.0664. The van der Waals surface area contributed by atoms with Gasteiger partial charge in [0.25, 0.3) is 5.91 Å². The van der Waals surface area contributed by atoms with Crippen LogP contribution in [0.15, 0.2) is 62.7 Å². The van der Waals surface area contributed by atoms with Gasteiger partial charge in [-0.2, -0.15) is 0 Å². The average molecular weight is 573 g/mol. The standard InChI is InChI=1S/C24H23Br2N5O2/c1-3-29-22(32)20-21(31-14-17(27-24(29)31)11-15-7-5-4-6-8-15)28-23(26)30(20)13-16-9-10-19(33-2)18(25)12-16/h4-10,12,17H,3,11,13-14H2,1-2H3/t17-/m1/s1. The fraction of sp³-hybridized carbons (Fsp3) is 0.292. The van der Waals surface area contributed by atoms with Crippen LogP contribution >= 0.6 is 31.9 Å². The molecule has 3 heterocycles. The molecule has 170 valence electrons. The highest BCUT2D eigenvalue weighted by atomic mass is 79.9. The molecule has 1 atom stereocenters. The Balaban J connectivity index is 1.49. The molecule has 9 heteroatoms. The Morgan fingerprint density at radius 3 is 2.61 bits per heavy atom. The fourth-order valence-corrected chi connectivity index (χ4v) is 5.47. The molecule has 5 rings (SSSR count). The van der Waals surface area contributed by atoms with E-state index in [0.717, 1.165) is 22.2 Å². The van der Waals surface area contributed by atoms with Gasteiger partial charge in [-0.05, 0) is 68.5 Å². The highest BCUT2D eigenvalue weighted by molar-refractivity contribution is 9.10.